The van der Waals surface area contributed by atoms with E-state index in [2.05, 4.69) is 85.0 Å². The van der Waals surface area contributed by atoms with Crippen molar-refractivity contribution in [3.8, 4) is 0 Å². The van der Waals surface area contributed by atoms with Crippen LogP contribution in [-0.4, -0.2) is 16.7 Å². The molecule has 0 amide bonds. The Kier molecular flexibility index (Phi) is 5.48. The van der Waals surface area contributed by atoms with E-state index < -0.39 is 0 Å². The summed E-state index contributed by atoms with van der Waals surface area (Å²) in [7, 11) is 1.44. The Balaban J connectivity index is 1.86. The molecule has 0 heterocycles. The van der Waals surface area contributed by atoms with Crippen molar-refractivity contribution in [3.63, 3.8) is 0 Å². The smallest absolute Gasteiger partial charge is 0.0364 e. The highest BCUT2D eigenvalue weighted by atomic mass is 35.5. The highest BCUT2D eigenvalue weighted by Crippen LogP contribution is 2.46. The molecule has 0 nitrogen and oxygen atoms in total. The second-order valence-corrected chi connectivity index (χ2v) is 8.91. The molecule has 4 unspecified atom stereocenters. The molecule has 1 aliphatic rings. The van der Waals surface area contributed by atoms with Crippen molar-refractivity contribution in [1.82, 2.24) is 0 Å². The Morgan fingerprint density at radius 1 is 0.864 bits per heavy atom. The monoisotopic (exact) mass is 344 g/mol. The topological polar surface area (TPSA) is 0 Å². The fraction of sp³-hybridized carbons (Fsp3) is 0.158. The maximum Gasteiger partial charge on any atom is 0.0364 e. The SMILES string of the molecule is ClCC1(Pc2ccccc2)C=CC=CC1Pc1ccccc1. The van der Waals surface area contributed by atoms with E-state index in [1.165, 1.54) is 10.6 Å². The van der Waals surface area contributed by atoms with Gasteiger partial charge in [-0.15, -0.1) is 11.6 Å². The van der Waals surface area contributed by atoms with Crippen LogP contribution in [0.3, 0.4) is 0 Å². The Hall–Kier alpha value is -0.930. The lowest BCUT2D eigenvalue weighted by molar-refractivity contribution is 0.815. The molecule has 0 radical (unpaired) electrons. The molecular formula is C19H19ClP2. The maximum absolute atomic E-state index is 6.47. The highest BCUT2D eigenvalue weighted by molar-refractivity contribution is 7.53. The van der Waals surface area contributed by atoms with E-state index >= 15 is 0 Å². The van der Waals surface area contributed by atoms with Gasteiger partial charge in [0.1, 0.15) is 0 Å². The van der Waals surface area contributed by atoms with Crippen LogP contribution in [0.1, 0.15) is 0 Å². The summed E-state index contributed by atoms with van der Waals surface area (Å²) >= 11 is 6.47. The molecule has 22 heavy (non-hydrogen) atoms. The zero-order valence-electron chi connectivity index (χ0n) is 12.2. The molecule has 0 spiro atoms. The molecule has 0 N–H and O–H groups in total. The highest BCUT2D eigenvalue weighted by Gasteiger charge is 2.36. The third-order valence-corrected chi connectivity index (χ3v) is 8.21. The summed E-state index contributed by atoms with van der Waals surface area (Å²) < 4.78 is 0. The number of halogens is 1. The zero-order chi connectivity index (χ0) is 15.3. The average Bonchev–Trinajstić information content (AvgIpc) is 2.58. The fourth-order valence-electron chi connectivity index (χ4n) is 2.64. The van der Waals surface area contributed by atoms with Crippen LogP contribution in [0, 0.1) is 0 Å². The van der Waals surface area contributed by atoms with E-state index in [-0.39, 0.29) is 5.16 Å². The van der Waals surface area contributed by atoms with E-state index in [9.17, 15) is 0 Å². The lowest BCUT2D eigenvalue weighted by Gasteiger charge is -2.37. The number of hydrogen-bond donors (Lipinski definition) is 0. The number of alkyl halides is 1. The van der Waals surface area contributed by atoms with Crippen LogP contribution in [-0.2, 0) is 0 Å². The van der Waals surface area contributed by atoms with Crippen molar-refractivity contribution in [2.24, 2.45) is 0 Å². The Morgan fingerprint density at radius 2 is 1.50 bits per heavy atom. The number of benzene rings is 2. The molecule has 3 heteroatoms. The van der Waals surface area contributed by atoms with Gasteiger partial charge < -0.3 is 0 Å². The number of allylic oxidation sites excluding steroid dienone is 4. The van der Waals surface area contributed by atoms with Gasteiger partial charge in [0.15, 0.2) is 0 Å². The third-order valence-electron chi connectivity index (χ3n) is 3.83. The van der Waals surface area contributed by atoms with Crippen LogP contribution >= 0.6 is 28.8 Å². The molecule has 0 aromatic heterocycles. The molecular weight excluding hydrogens is 326 g/mol. The molecule has 1 aliphatic carbocycles. The van der Waals surface area contributed by atoms with Crippen molar-refractivity contribution in [1.29, 1.82) is 0 Å². The van der Waals surface area contributed by atoms with Crippen LogP contribution < -0.4 is 10.6 Å². The fourth-order valence-corrected chi connectivity index (χ4v) is 6.46. The van der Waals surface area contributed by atoms with Crippen molar-refractivity contribution >= 4 is 39.4 Å². The molecule has 0 bridgehead atoms. The summed E-state index contributed by atoms with van der Waals surface area (Å²) in [5, 5.41) is 2.82. The van der Waals surface area contributed by atoms with E-state index in [1.807, 2.05) is 0 Å². The first-order valence-corrected chi connectivity index (χ1v) is 10.0. The first kappa shape index (κ1) is 15.9. The molecule has 0 aliphatic heterocycles. The number of rotatable bonds is 5. The minimum absolute atomic E-state index is 0.0337. The van der Waals surface area contributed by atoms with Gasteiger partial charge in [-0.3, -0.25) is 0 Å². The zero-order valence-corrected chi connectivity index (χ0v) is 15.0. The van der Waals surface area contributed by atoms with Crippen molar-refractivity contribution < 1.29 is 0 Å². The molecule has 0 saturated heterocycles. The van der Waals surface area contributed by atoms with Crippen molar-refractivity contribution in [2.75, 3.05) is 5.88 Å². The van der Waals surface area contributed by atoms with Crippen molar-refractivity contribution in [3.05, 3.63) is 85.0 Å². The lowest BCUT2D eigenvalue weighted by atomic mass is 10.0. The average molecular weight is 345 g/mol. The lowest BCUT2D eigenvalue weighted by Crippen LogP contribution is -2.38. The maximum atomic E-state index is 6.47. The third kappa shape index (κ3) is 3.69. The van der Waals surface area contributed by atoms with Gasteiger partial charge in [0.2, 0.25) is 0 Å². The largest absolute Gasteiger partial charge is 0.125 e. The van der Waals surface area contributed by atoms with Gasteiger partial charge in [-0.25, -0.2) is 0 Å². The molecule has 4 atom stereocenters. The van der Waals surface area contributed by atoms with Gasteiger partial charge in [-0.05, 0) is 10.6 Å². The van der Waals surface area contributed by atoms with Crippen molar-refractivity contribution in [2.45, 2.75) is 10.8 Å². The molecule has 112 valence electrons. The van der Waals surface area contributed by atoms with Gasteiger partial charge >= 0.3 is 0 Å². The number of hydrogen-bond acceptors (Lipinski definition) is 0. The normalized spacial score (nSPS) is 24.7. The van der Waals surface area contributed by atoms with Gasteiger partial charge in [0.05, 0.1) is 0 Å². The molecule has 2 aromatic rings. The minimum atomic E-state index is 0.0337. The van der Waals surface area contributed by atoms with Gasteiger partial charge in [-0.2, -0.15) is 0 Å². The summed E-state index contributed by atoms with van der Waals surface area (Å²) in [6.07, 6.45) is 8.99. The molecule has 3 rings (SSSR count). The first-order chi connectivity index (χ1) is 10.8. The summed E-state index contributed by atoms with van der Waals surface area (Å²) in [6.45, 7) is 0. The minimum Gasteiger partial charge on any atom is -0.125 e. The van der Waals surface area contributed by atoms with Crippen LogP contribution in [0.25, 0.3) is 0 Å². The molecule has 2 aromatic carbocycles. The molecule has 0 fully saturated rings. The van der Waals surface area contributed by atoms with Gasteiger partial charge in [-0.1, -0.05) is 102 Å². The van der Waals surface area contributed by atoms with E-state index in [0.717, 1.165) is 8.58 Å². The summed E-state index contributed by atoms with van der Waals surface area (Å²) in [5.74, 6) is 0.658. The van der Waals surface area contributed by atoms with E-state index in [1.54, 1.807) is 0 Å². The summed E-state index contributed by atoms with van der Waals surface area (Å²) in [4.78, 5) is 0. The Bertz CT molecular complexity index is 652. The predicted octanol–water partition coefficient (Wildman–Crippen LogP) is 4.47. The van der Waals surface area contributed by atoms with E-state index in [0.29, 0.717) is 20.1 Å². The van der Waals surface area contributed by atoms with Gasteiger partial charge in [0.25, 0.3) is 0 Å². The summed E-state index contributed by atoms with van der Waals surface area (Å²) in [6, 6.07) is 21.5. The van der Waals surface area contributed by atoms with Gasteiger partial charge in [0, 0.05) is 16.7 Å². The van der Waals surface area contributed by atoms with E-state index in [4.69, 9.17) is 11.6 Å². The Labute approximate surface area is 141 Å². The summed E-state index contributed by atoms with van der Waals surface area (Å²) in [5.41, 5.74) is 0.468. The van der Waals surface area contributed by atoms with Crippen LogP contribution in [0.5, 0.6) is 0 Å². The second kappa shape index (κ2) is 7.56. The molecule has 0 saturated carbocycles. The second-order valence-electron chi connectivity index (χ2n) is 5.40. The predicted molar refractivity (Wildman–Crippen MR) is 104 cm³/mol. The quantitative estimate of drug-likeness (QED) is 0.554. The van der Waals surface area contributed by atoms with Crippen LogP contribution in [0.4, 0.5) is 0 Å². The Morgan fingerprint density at radius 3 is 2.14 bits per heavy atom. The van der Waals surface area contributed by atoms with Crippen LogP contribution in [0.2, 0.25) is 0 Å². The standard InChI is InChI=1S/C19H19ClP2/c20-15-19(22-17-11-5-2-6-12-17)14-8-7-13-18(19)21-16-9-3-1-4-10-16/h1-14,18,21-22H,15H2. The van der Waals surface area contributed by atoms with Crippen LogP contribution in [0.15, 0.2) is 85.0 Å². The first-order valence-electron chi connectivity index (χ1n) is 7.39.